The fraction of sp³-hybridized carbons (Fsp3) is 0.333. The normalized spacial score (nSPS) is 15.7. The first-order valence-electron chi connectivity index (χ1n) is 5.48. The highest BCUT2D eigenvalue weighted by molar-refractivity contribution is 6.03. The molecule has 6 heteroatoms. The van der Waals surface area contributed by atoms with Crippen molar-refractivity contribution in [2.24, 2.45) is 0 Å². The Balaban J connectivity index is 2.33. The molecule has 1 aliphatic heterocycles. The van der Waals surface area contributed by atoms with E-state index in [2.05, 4.69) is 0 Å². The summed E-state index contributed by atoms with van der Waals surface area (Å²) < 4.78 is 0. The number of nitrogens with zero attached hydrogens (tertiary/aromatic N) is 1. The van der Waals surface area contributed by atoms with Crippen LogP contribution in [0.5, 0.6) is 0 Å². The number of aliphatic hydroxyl groups excluding tert-OH is 2. The number of carboxylic acids is 1. The van der Waals surface area contributed by atoms with E-state index in [4.69, 9.17) is 10.2 Å². The zero-order valence-electron chi connectivity index (χ0n) is 9.54. The van der Waals surface area contributed by atoms with Crippen LogP contribution in [0.25, 0.3) is 0 Å². The fourth-order valence-corrected chi connectivity index (χ4v) is 1.96. The van der Waals surface area contributed by atoms with E-state index in [0.717, 1.165) is 5.56 Å². The molecule has 6 nitrogen and oxygen atoms in total. The number of carbonyl (C=O) groups excluding carboxylic acids is 1. The lowest BCUT2D eigenvalue weighted by molar-refractivity contribution is -0.117. The second kappa shape index (κ2) is 4.75. The Labute approximate surface area is 103 Å². The Morgan fingerprint density at radius 1 is 1.44 bits per heavy atom. The van der Waals surface area contributed by atoms with Gasteiger partial charge in [0.1, 0.15) is 0 Å². The molecule has 0 spiro atoms. The highest BCUT2D eigenvalue weighted by atomic mass is 16.4. The molecular weight excluding hydrogens is 238 g/mol. The molecular formula is C12H13NO5. The van der Waals surface area contributed by atoms with Gasteiger partial charge < -0.3 is 20.2 Å². The van der Waals surface area contributed by atoms with E-state index in [1.807, 2.05) is 0 Å². The second-order valence-corrected chi connectivity index (χ2v) is 4.17. The van der Waals surface area contributed by atoms with Gasteiger partial charge in [-0.1, -0.05) is 6.07 Å². The van der Waals surface area contributed by atoms with Gasteiger partial charge in [-0.25, -0.2) is 4.79 Å². The van der Waals surface area contributed by atoms with Crippen LogP contribution < -0.4 is 4.90 Å². The van der Waals surface area contributed by atoms with Crippen LogP contribution in [-0.4, -0.2) is 46.5 Å². The van der Waals surface area contributed by atoms with E-state index in [0.29, 0.717) is 5.69 Å². The second-order valence-electron chi connectivity index (χ2n) is 4.17. The summed E-state index contributed by atoms with van der Waals surface area (Å²) >= 11 is 0. The molecule has 1 unspecified atom stereocenters. The fourth-order valence-electron chi connectivity index (χ4n) is 1.96. The number of anilines is 1. The number of hydrogen-bond acceptors (Lipinski definition) is 4. The number of aromatic carboxylic acids is 1. The minimum Gasteiger partial charge on any atom is -0.478 e. The molecule has 1 atom stereocenters. The van der Waals surface area contributed by atoms with Gasteiger partial charge in [0.2, 0.25) is 5.91 Å². The SMILES string of the molecule is O=C(O)c1ccc2c(c1)N(CC(O)CO)C(=O)C2. The lowest BCUT2D eigenvalue weighted by Gasteiger charge is -2.20. The van der Waals surface area contributed by atoms with Gasteiger partial charge in [-0.3, -0.25) is 4.79 Å². The van der Waals surface area contributed by atoms with Crippen LogP contribution in [0.15, 0.2) is 18.2 Å². The Hall–Kier alpha value is -1.92. The third-order valence-electron chi connectivity index (χ3n) is 2.87. The molecule has 1 heterocycles. The van der Waals surface area contributed by atoms with Gasteiger partial charge in [0.25, 0.3) is 0 Å². The van der Waals surface area contributed by atoms with Crippen LogP contribution >= 0.6 is 0 Å². The molecule has 0 aliphatic carbocycles. The van der Waals surface area contributed by atoms with E-state index >= 15 is 0 Å². The summed E-state index contributed by atoms with van der Waals surface area (Å²) in [4.78, 5) is 23.9. The molecule has 2 rings (SSSR count). The summed E-state index contributed by atoms with van der Waals surface area (Å²) in [6.07, 6.45) is -0.846. The van der Waals surface area contributed by atoms with Gasteiger partial charge in [0, 0.05) is 5.69 Å². The largest absolute Gasteiger partial charge is 0.478 e. The van der Waals surface area contributed by atoms with Crippen LogP contribution in [-0.2, 0) is 11.2 Å². The van der Waals surface area contributed by atoms with Crippen molar-refractivity contribution in [3.05, 3.63) is 29.3 Å². The molecule has 96 valence electrons. The summed E-state index contributed by atoms with van der Waals surface area (Å²) in [6.45, 7) is -0.483. The Morgan fingerprint density at radius 3 is 2.78 bits per heavy atom. The summed E-state index contributed by atoms with van der Waals surface area (Å²) in [5.41, 5.74) is 1.31. The lowest BCUT2D eigenvalue weighted by Crippen LogP contribution is -2.36. The van der Waals surface area contributed by atoms with Crippen LogP contribution in [0.1, 0.15) is 15.9 Å². The molecule has 1 amide bonds. The van der Waals surface area contributed by atoms with Gasteiger partial charge in [-0.15, -0.1) is 0 Å². The molecule has 3 N–H and O–H groups in total. The van der Waals surface area contributed by atoms with Crippen LogP contribution in [0, 0.1) is 0 Å². The van der Waals surface area contributed by atoms with E-state index in [1.165, 1.54) is 17.0 Å². The van der Waals surface area contributed by atoms with Crippen molar-refractivity contribution in [1.29, 1.82) is 0 Å². The summed E-state index contributed by atoms with van der Waals surface area (Å²) in [7, 11) is 0. The number of carboxylic acid groups (broad SMARTS) is 1. The van der Waals surface area contributed by atoms with E-state index in [-0.39, 0.29) is 24.4 Å². The first-order chi connectivity index (χ1) is 8.52. The number of hydrogen-bond donors (Lipinski definition) is 3. The quantitative estimate of drug-likeness (QED) is 0.678. The van der Waals surface area contributed by atoms with Crippen molar-refractivity contribution < 1.29 is 24.9 Å². The molecule has 0 bridgehead atoms. The standard InChI is InChI=1S/C12H13NO5/c14-6-9(15)5-13-10-3-8(12(17)18)2-1-7(10)4-11(13)16/h1-3,9,14-15H,4-6H2,(H,17,18). The van der Waals surface area contributed by atoms with Gasteiger partial charge in [0.15, 0.2) is 0 Å². The van der Waals surface area contributed by atoms with Crippen LogP contribution in [0.2, 0.25) is 0 Å². The van der Waals surface area contributed by atoms with Crippen molar-refractivity contribution in [3.8, 4) is 0 Å². The Kier molecular flexibility index (Phi) is 3.31. The zero-order chi connectivity index (χ0) is 13.3. The maximum absolute atomic E-state index is 11.7. The predicted octanol–water partition coefficient (Wildman–Crippen LogP) is -0.373. The number of β-amino-alcohol motifs (C(OH)–C–C–N with tert-alkyl or cyclic N) is 1. The van der Waals surface area contributed by atoms with Crippen molar-refractivity contribution in [1.82, 2.24) is 0 Å². The average molecular weight is 251 g/mol. The van der Waals surface area contributed by atoms with E-state index < -0.39 is 18.7 Å². The third-order valence-corrected chi connectivity index (χ3v) is 2.87. The molecule has 0 aromatic heterocycles. The highest BCUT2D eigenvalue weighted by Crippen LogP contribution is 2.30. The average Bonchev–Trinajstić information content (AvgIpc) is 2.65. The number of amides is 1. The van der Waals surface area contributed by atoms with Crippen molar-refractivity contribution in [2.75, 3.05) is 18.1 Å². The molecule has 0 fully saturated rings. The van der Waals surface area contributed by atoms with Gasteiger partial charge >= 0.3 is 5.97 Å². The third kappa shape index (κ3) is 2.20. The lowest BCUT2D eigenvalue weighted by atomic mass is 10.1. The molecule has 0 saturated heterocycles. The minimum absolute atomic E-state index is 0.0363. The molecule has 0 saturated carbocycles. The molecule has 18 heavy (non-hydrogen) atoms. The number of carbonyl (C=O) groups is 2. The van der Waals surface area contributed by atoms with Crippen LogP contribution in [0.3, 0.4) is 0 Å². The number of benzene rings is 1. The summed E-state index contributed by atoms with van der Waals surface area (Å²) in [5.74, 6) is -1.28. The minimum atomic E-state index is -1.07. The van der Waals surface area contributed by atoms with Crippen molar-refractivity contribution in [3.63, 3.8) is 0 Å². The van der Waals surface area contributed by atoms with E-state index in [1.54, 1.807) is 6.07 Å². The van der Waals surface area contributed by atoms with Crippen molar-refractivity contribution in [2.45, 2.75) is 12.5 Å². The molecule has 0 radical (unpaired) electrons. The maximum atomic E-state index is 11.7. The first kappa shape index (κ1) is 12.5. The predicted molar refractivity (Wildman–Crippen MR) is 62.6 cm³/mol. The topological polar surface area (TPSA) is 98.1 Å². The smallest absolute Gasteiger partial charge is 0.335 e. The Bertz CT molecular complexity index is 499. The van der Waals surface area contributed by atoms with Crippen molar-refractivity contribution >= 4 is 17.6 Å². The molecule has 1 aromatic rings. The first-order valence-corrected chi connectivity index (χ1v) is 5.48. The summed E-state index contributed by atoms with van der Waals surface area (Å²) in [6, 6.07) is 4.45. The monoisotopic (exact) mass is 251 g/mol. The van der Waals surface area contributed by atoms with Gasteiger partial charge in [0.05, 0.1) is 31.2 Å². The number of aliphatic hydroxyl groups is 2. The van der Waals surface area contributed by atoms with Gasteiger partial charge in [-0.05, 0) is 17.7 Å². The molecule has 1 aliphatic rings. The number of fused-ring (bicyclic) bond motifs is 1. The number of rotatable bonds is 4. The summed E-state index contributed by atoms with van der Waals surface area (Å²) in [5, 5.41) is 27.1. The Morgan fingerprint density at radius 2 is 2.17 bits per heavy atom. The van der Waals surface area contributed by atoms with Gasteiger partial charge in [-0.2, -0.15) is 0 Å². The molecule has 1 aromatic carbocycles. The van der Waals surface area contributed by atoms with E-state index in [9.17, 15) is 14.7 Å². The van der Waals surface area contributed by atoms with Crippen LogP contribution in [0.4, 0.5) is 5.69 Å². The maximum Gasteiger partial charge on any atom is 0.335 e. The zero-order valence-corrected chi connectivity index (χ0v) is 9.54. The highest BCUT2D eigenvalue weighted by Gasteiger charge is 2.29.